The zero-order valence-electron chi connectivity index (χ0n) is 11.8. The monoisotopic (exact) mass is 288 g/mol. The van der Waals surface area contributed by atoms with Crippen molar-refractivity contribution < 1.29 is 14.8 Å². The van der Waals surface area contributed by atoms with Crippen molar-refractivity contribution in [2.75, 3.05) is 12.4 Å². The number of aryl methyl sites for hydroxylation is 1. The highest BCUT2D eigenvalue weighted by atomic mass is 16.6. The molecule has 0 aliphatic carbocycles. The molecule has 0 fully saturated rings. The van der Waals surface area contributed by atoms with Crippen LogP contribution < -0.4 is 10.1 Å². The van der Waals surface area contributed by atoms with Gasteiger partial charge < -0.3 is 15.2 Å². The lowest BCUT2D eigenvalue weighted by atomic mass is 10.1. The summed E-state index contributed by atoms with van der Waals surface area (Å²) in [6.45, 7) is 2.05. The molecule has 110 valence electrons. The lowest BCUT2D eigenvalue weighted by Gasteiger charge is -2.10. The first-order chi connectivity index (χ1) is 10.0. The van der Waals surface area contributed by atoms with Crippen LogP contribution >= 0.6 is 0 Å². The number of phenolic OH excluding ortho intramolecular Hbond substituents is 1. The number of nitrogens with one attached hydrogen (secondary N) is 1. The SMILES string of the molecule is COc1ccc(CNc2ccc(C)c([N+](=O)[O-])c2)c(O)c1. The predicted molar refractivity (Wildman–Crippen MR) is 79.8 cm³/mol. The highest BCUT2D eigenvalue weighted by Crippen LogP contribution is 2.26. The molecule has 0 bridgehead atoms. The molecule has 6 heteroatoms. The topological polar surface area (TPSA) is 84.6 Å². The average molecular weight is 288 g/mol. The summed E-state index contributed by atoms with van der Waals surface area (Å²) in [4.78, 5) is 10.5. The third kappa shape index (κ3) is 3.42. The van der Waals surface area contributed by atoms with Crippen LogP contribution in [0.5, 0.6) is 11.5 Å². The molecule has 0 aliphatic heterocycles. The van der Waals surface area contributed by atoms with Crippen molar-refractivity contribution in [3.05, 3.63) is 57.6 Å². The fraction of sp³-hybridized carbons (Fsp3) is 0.200. The van der Waals surface area contributed by atoms with Gasteiger partial charge in [0.1, 0.15) is 11.5 Å². The molecule has 0 spiro atoms. The Morgan fingerprint density at radius 2 is 2.05 bits per heavy atom. The molecule has 0 atom stereocenters. The number of aromatic hydroxyl groups is 1. The molecule has 0 unspecified atom stereocenters. The van der Waals surface area contributed by atoms with Gasteiger partial charge in [0.15, 0.2) is 0 Å². The first kappa shape index (κ1) is 14.6. The molecule has 0 amide bonds. The number of ether oxygens (including phenoxy) is 1. The van der Waals surface area contributed by atoms with Gasteiger partial charge in [0.2, 0.25) is 0 Å². The van der Waals surface area contributed by atoms with E-state index in [1.165, 1.54) is 19.2 Å². The van der Waals surface area contributed by atoms with E-state index in [1.807, 2.05) is 0 Å². The van der Waals surface area contributed by atoms with Gasteiger partial charge in [-0.05, 0) is 25.1 Å². The number of anilines is 1. The van der Waals surface area contributed by atoms with E-state index < -0.39 is 4.92 Å². The lowest BCUT2D eigenvalue weighted by molar-refractivity contribution is -0.385. The quantitative estimate of drug-likeness (QED) is 0.651. The summed E-state index contributed by atoms with van der Waals surface area (Å²) in [7, 11) is 1.53. The van der Waals surface area contributed by atoms with E-state index in [-0.39, 0.29) is 11.4 Å². The molecular formula is C15H16N2O4. The Balaban J connectivity index is 2.13. The van der Waals surface area contributed by atoms with Gasteiger partial charge in [0, 0.05) is 35.5 Å². The van der Waals surface area contributed by atoms with E-state index in [1.54, 1.807) is 31.2 Å². The van der Waals surface area contributed by atoms with Crippen LogP contribution in [0.4, 0.5) is 11.4 Å². The second kappa shape index (κ2) is 6.13. The highest BCUT2D eigenvalue weighted by Gasteiger charge is 2.11. The summed E-state index contributed by atoms with van der Waals surface area (Å²) < 4.78 is 5.01. The van der Waals surface area contributed by atoms with E-state index >= 15 is 0 Å². The minimum Gasteiger partial charge on any atom is -0.507 e. The van der Waals surface area contributed by atoms with Gasteiger partial charge in [-0.2, -0.15) is 0 Å². The van der Waals surface area contributed by atoms with Crippen LogP contribution in [0, 0.1) is 17.0 Å². The molecule has 2 aromatic carbocycles. The Bertz CT molecular complexity index is 671. The number of benzene rings is 2. The number of hydrogen-bond acceptors (Lipinski definition) is 5. The molecule has 2 aromatic rings. The van der Waals surface area contributed by atoms with Crippen LogP contribution in [0.2, 0.25) is 0 Å². The van der Waals surface area contributed by atoms with E-state index in [0.29, 0.717) is 29.1 Å². The Labute approximate surface area is 122 Å². The van der Waals surface area contributed by atoms with Crippen molar-refractivity contribution in [3.63, 3.8) is 0 Å². The lowest BCUT2D eigenvalue weighted by Crippen LogP contribution is -2.01. The average Bonchev–Trinajstić information content (AvgIpc) is 2.47. The number of nitro groups is 1. The molecule has 6 nitrogen and oxygen atoms in total. The summed E-state index contributed by atoms with van der Waals surface area (Å²) in [5.74, 6) is 0.686. The minimum absolute atomic E-state index is 0.0685. The van der Waals surface area contributed by atoms with E-state index in [4.69, 9.17) is 4.74 Å². The highest BCUT2D eigenvalue weighted by molar-refractivity contribution is 5.55. The van der Waals surface area contributed by atoms with Gasteiger partial charge in [-0.25, -0.2) is 0 Å². The summed E-state index contributed by atoms with van der Waals surface area (Å²) in [5, 5.41) is 23.8. The molecule has 0 heterocycles. The fourth-order valence-corrected chi connectivity index (χ4v) is 1.93. The van der Waals surface area contributed by atoms with Crippen molar-refractivity contribution in [1.82, 2.24) is 0 Å². The summed E-state index contributed by atoms with van der Waals surface area (Å²) in [6.07, 6.45) is 0. The van der Waals surface area contributed by atoms with E-state index in [2.05, 4.69) is 5.32 Å². The zero-order chi connectivity index (χ0) is 15.4. The zero-order valence-corrected chi connectivity index (χ0v) is 11.8. The van der Waals surface area contributed by atoms with Crippen LogP contribution in [0.3, 0.4) is 0 Å². The molecule has 0 aliphatic rings. The standard InChI is InChI=1S/C15H16N2O4/c1-10-3-5-12(7-14(10)17(19)20)16-9-11-4-6-13(21-2)8-15(11)18/h3-8,16,18H,9H2,1-2H3. The molecule has 0 saturated carbocycles. The molecular weight excluding hydrogens is 272 g/mol. The fourth-order valence-electron chi connectivity index (χ4n) is 1.93. The van der Waals surface area contributed by atoms with Gasteiger partial charge in [0.05, 0.1) is 12.0 Å². The van der Waals surface area contributed by atoms with E-state index in [0.717, 1.165) is 0 Å². The van der Waals surface area contributed by atoms with Gasteiger partial charge in [0.25, 0.3) is 5.69 Å². The van der Waals surface area contributed by atoms with Gasteiger partial charge >= 0.3 is 0 Å². The number of nitro benzene ring substituents is 1. The molecule has 2 N–H and O–H groups in total. The van der Waals surface area contributed by atoms with Crippen LogP contribution in [0.15, 0.2) is 36.4 Å². The maximum atomic E-state index is 10.9. The number of methoxy groups -OCH3 is 1. The van der Waals surface area contributed by atoms with Crippen LogP contribution in [0.1, 0.15) is 11.1 Å². The van der Waals surface area contributed by atoms with Crippen molar-refractivity contribution in [2.45, 2.75) is 13.5 Å². The third-order valence-corrected chi connectivity index (χ3v) is 3.18. The summed E-state index contributed by atoms with van der Waals surface area (Å²) in [5.41, 5.74) is 1.98. The molecule has 0 radical (unpaired) electrons. The first-order valence-electron chi connectivity index (χ1n) is 6.36. The second-order valence-electron chi connectivity index (χ2n) is 4.61. The van der Waals surface area contributed by atoms with Gasteiger partial charge in [-0.3, -0.25) is 10.1 Å². The van der Waals surface area contributed by atoms with Crippen molar-refractivity contribution in [2.24, 2.45) is 0 Å². The number of rotatable bonds is 5. The Hall–Kier alpha value is -2.76. The third-order valence-electron chi connectivity index (χ3n) is 3.18. The molecule has 21 heavy (non-hydrogen) atoms. The number of phenols is 1. The first-order valence-corrected chi connectivity index (χ1v) is 6.36. The van der Waals surface area contributed by atoms with Gasteiger partial charge in [-0.15, -0.1) is 0 Å². The summed E-state index contributed by atoms with van der Waals surface area (Å²) >= 11 is 0. The van der Waals surface area contributed by atoms with Gasteiger partial charge in [-0.1, -0.05) is 6.07 Å². The molecule has 2 rings (SSSR count). The minimum atomic E-state index is -0.411. The second-order valence-corrected chi connectivity index (χ2v) is 4.61. The normalized spacial score (nSPS) is 10.2. The van der Waals surface area contributed by atoms with Crippen molar-refractivity contribution >= 4 is 11.4 Å². The largest absolute Gasteiger partial charge is 0.507 e. The predicted octanol–water partition coefficient (Wildman–Crippen LogP) is 3.23. The maximum absolute atomic E-state index is 10.9. The molecule has 0 aromatic heterocycles. The number of nitrogens with zero attached hydrogens (tertiary/aromatic N) is 1. The molecule has 0 saturated heterocycles. The van der Waals surface area contributed by atoms with E-state index in [9.17, 15) is 15.2 Å². The summed E-state index contributed by atoms with van der Waals surface area (Å²) in [6, 6.07) is 9.94. The Kier molecular flexibility index (Phi) is 4.27. The Morgan fingerprint density at radius 1 is 1.29 bits per heavy atom. The Morgan fingerprint density at radius 3 is 2.67 bits per heavy atom. The van der Waals surface area contributed by atoms with Crippen LogP contribution in [-0.4, -0.2) is 17.1 Å². The van der Waals surface area contributed by atoms with Crippen molar-refractivity contribution in [3.8, 4) is 11.5 Å². The van der Waals surface area contributed by atoms with Crippen LogP contribution in [0.25, 0.3) is 0 Å². The van der Waals surface area contributed by atoms with Crippen molar-refractivity contribution in [1.29, 1.82) is 0 Å². The maximum Gasteiger partial charge on any atom is 0.274 e. The number of hydrogen-bond donors (Lipinski definition) is 2. The van der Waals surface area contributed by atoms with Crippen LogP contribution in [-0.2, 0) is 6.54 Å². The smallest absolute Gasteiger partial charge is 0.274 e.